The second-order valence-corrected chi connectivity index (χ2v) is 7.05. The molecule has 0 aliphatic carbocycles. The van der Waals surface area contributed by atoms with E-state index in [0.29, 0.717) is 6.54 Å². The SMILES string of the molecule is CC(C)(C)C(=O)NCc1ccc(-c2ccc3c(c2)CCO3)cc1. The quantitative estimate of drug-likeness (QED) is 0.932. The Kier molecular flexibility index (Phi) is 4.12. The normalized spacial score (nSPS) is 13.3. The van der Waals surface area contributed by atoms with Crippen LogP contribution in [-0.2, 0) is 17.8 Å². The summed E-state index contributed by atoms with van der Waals surface area (Å²) < 4.78 is 5.55. The van der Waals surface area contributed by atoms with E-state index in [1.54, 1.807) is 0 Å². The third-order valence-electron chi connectivity index (χ3n) is 4.11. The highest BCUT2D eigenvalue weighted by molar-refractivity contribution is 5.81. The molecule has 23 heavy (non-hydrogen) atoms. The zero-order valence-corrected chi connectivity index (χ0v) is 14.0. The molecular formula is C20H23NO2. The monoisotopic (exact) mass is 309 g/mol. The first-order chi connectivity index (χ1) is 10.9. The Bertz CT molecular complexity index is 711. The van der Waals surface area contributed by atoms with Gasteiger partial charge in [0, 0.05) is 18.4 Å². The van der Waals surface area contributed by atoms with Crippen molar-refractivity contribution < 1.29 is 9.53 Å². The Labute approximate surface area is 137 Å². The first kappa shape index (κ1) is 15.6. The lowest BCUT2D eigenvalue weighted by molar-refractivity contribution is -0.128. The molecule has 0 unspecified atom stereocenters. The van der Waals surface area contributed by atoms with Crippen molar-refractivity contribution in [1.82, 2.24) is 5.32 Å². The van der Waals surface area contributed by atoms with E-state index in [0.717, 1.165) is 24.3 Å². The minimum atomic E-state index is -0.355. The summed E-state index contributed by atoms with van der Waals surface area (Å²) in [5.74, 6) is 1.08. The Morgan fingerprint density at radius 1 is 1.09 bits per heavy atom. The molecule has 1 amide bonds. The highest BCUT2D eigenvalue weighted by Crippen LogP contribution is 2.30. The molecule has 0 spiro atoms. The Morgan fingerprint density at radius 2 is 1.78 bits per heavy atom. The molecule has 0 bridgehead atoms. The van der Waals surface area contributed by atoms with Crippen molar-refractivity contribution in [2.75, 3.05) is 6.61 Å². The van der Waals surface area contributed by atoms with Crippen LogP contribution >= 0.6 is 0 Å². The van der Waals surface area contributed by atoms with Gasteiger partial charge in [-0.25, -0.2) is 0 Å². The van der Waals surface area contributed by atoms with Crippen molar-refractivity contribution in [1.29, 1.82) is 0 Å². The summed E-state index contributed by atoms with van der Waals surface area (Å²) in [5.41, 5.74) is 4.43. The Balaban J connectivity index is 1.69. The van der Waals surface area contributed by atoms with Gasteiger partial charge in [-0.2, -0.15) is 0 Å². The molecule has 2 aromatic carbocycles. The average Bonchev–Trinajstić information content (AvgIpc) is 2.99. The third-order valence-corrected chi connectivity index (χ3v) is 4.11. The van der Waals surface area contributed by atoms with Crippen molar-refractivity contribution in [3.8, 4) is 16.9 Å². The minimum Gasteiger partial charge on any atom is -0.493 e. The summed E-state index contributed by atoms with van der Waals surface area (Å²) in [5, 5.41) is 2.98. The molecule has 0 fully saturated rings. The summed E-state index contributed by atoms with van der Waals surface area (Å²) in [6.45, 7) is 7.11. The molecular weight excluding hydrogens is 286 g/mol. The summed E-state index contributed by atoms with van der Waals surface area (Å²) in [7, 11) is 0. The van der Waals surface area contributed by atoms with Gasteiger partial charge in [0.2, 0.25) is 5.91 Å². The molecule has 3 heteroatoms. The van der Waals surface area contributed by atoms with E-state index in [1.807, 2.05) is 20.8 Å². The van der Waals surface area contributed by atoms with Crippen molar-refractivity contribution in [3.05, 3.63) is 53.6 Å². The standard InChI is InChI=1S/C20H23NO2/c1-20(2,3)19(22)21-13-14-4-6-15(7-5-14)16-8-9-18-17(12-16)10-11-23-18/h4-9,12H,10-11,13H2,1-3H3,(H,21,22). The number of fused-ring (bicyclic) bond motifs is 1. The van der Waals surface area contributed by atoms with Crippen LogP contribution in [0.4, 0.5) is 0 Å². The van der Waals surface area contributed by atoms with Crippen LogP contribution in [0.2, 0.25) is 0 Å². The zero-order chi connectivity index (χ0) is 16.4. The van der Waals surface area contributed by atoms with Crippen LogP contribution in [0.15, 0.2) is 42.5 Å². The number of nitrogens with one attached hydrogen (secondary N) is 1. The number of carbonyl (C=O) groups is 1. The van der Waals surface area contributed by atoms with Gasteiger partial charge in [-0.15, -0.1) is 0 Å². The molecule has 1 aliphatic heterocycles. The molecule has 0 saturated heterocycles. The second kappa shape index (κ2) is 6.07. The van der Waals surface area contributed by atoms with Crippen molar-refractivity contribution in [2.24, 2.45) is 5.41 Å². The smallest absolute Gasteiger partial charge is 0.225 e. The van der Waals surface area contributed by atoms with Crippen LogP contribution in [0.5, 0.6) is 5.75 Å². The van der Waals surface area contributed by atoms with Gasteiger partial charge in [0.15, 0.2) is 0 Å². The minimum absolute atomic E-state index is 0.0696. The van der Waals surface area contributed by atoms with Crippen LogP contribution in [0.1, 0.15) is 31.9 Å². The van der Waals surface area contributed by atoms with Gasteiger partial charge in [0.1, 0.15) is 5.75 Å². The molecule has 2 aromatic rings. The van der Waals surface area contributed by atoms with Gasteiger partial charge in [0.05, 0.1) is 6.61 Å². The second-order valence-electron chi connectivity index (χ2n) is 7.05. The summed E-state index contributed by atoms with van der Waals surface area (Å²) in [4.78, 5) is 11.9. The van der Waals surface area contributed by atoms with E-state index in [9.17, 15) is 4.79 Å². The number of rotatable bonds is 3. The largest absolute Gasteiger partial charge is 0.493 e. The fourth-order valence-electron chi connectivity index (χ4n) is 2.63. The number of benzene rings is 2. The molecule has 0 atom stereocenters. The van der Waals surface area contributed by atoms with Crippen LogP contribution in [-0.4, -0.2) is 12.5 Å². The lowest BCUT2D eigenvalue weighted by Crippen LogP contribution is -2.34. The van der Waals surface area contributed by atoms with Crippen molar-refractivity contribution in [3.63, 3.8) is 0 Å². The van der Waals surface area contributed by atoms with Gasteiger partial charge in [-0.3, -0.25) is 4.79 Å². The van der Waals surface area contributed by atoms with Gasteiger partial charge in [0.25, 0.3) is 0 Å². The molecule has 0 saturated carbocycles. The summed E-state index contributed by atoms with van der Waals surface area (Å²) in [6, 6.07) is 14.7. The third kappa shape index (κ3) is 3.55. The molecule has 3 nitrogen and oxygen atoms in total. The summed E-state index contributed by atoms with van der Waals surface area (Å²) >= 11 is 0. The van der Waals surface area contributed by atoms with Crippen molar-refractivity contribution >= 4 is 5.91 Å². The van der Waals surface area contributed by atoms with E-state index >= 15 is 0 Å². The van der Waals surface area contributed by atoms with E-state index in [4.69, 9.17) is 4.74 Å². The zero-order valence-electron chi connectivity index (χ0n) is 14.0. The van der Waals surface area contributed by atoms with E-state index in [-0.39, 0.29) is 11.3 Å². The fourth-order valence-corrected chi connectivity index (χ4v) is 2.63. The van der Waals surface area contributed by atoms with Gasteiger partial charge in [-0.1, -0.05) is 51.1 Å². The predicted octanol–water partition coefficient (Wildman–Crippen LogP) is 3.95. The van der Waals surface area contributed by atoms with Gasteiger partial charge < -0.3 is 10.1 Å². The number of carbonyl (C=O) groups excluding carboxylic acids is 1. The van der Waals surface area contributed by atoms with E-state index in [1.165, 1.54) is 16.7 Å². The Hall–Kier alpha value is -2.29. The molecule has 120 valence electrons. The van der Waals surface area contributed by atoms with E-state index < -0.39 is 0 Å². The average molecular weight is 309 g/mol. The Morgan fingerprint density at radius 3 is 2.48 bits per heavy atom. The van der Waals surface area contributed by atoms with Crippen LogP contribution in [0.3, 0.4) is 0 Å². The molecule has 3 rings (SSSR count). The number of amides is 1. The van der Waals surface area contributed by atoms with Crippen molar-refractivity contribution in [2.45, 2.75) is 33.7 Å². The highest BCUT2D eigenvalue weighted by atomic mass is 16.5. The van der Waals surface area contributed by atoms with Crippen LogP contribution < -0.4 is 10.1 Å². The van der Waals surface area contributed by atoms with Crippen LogP contribution in [0, 0.1) is 5.41 Å². The summed E-state index contributed by atoms with van der Waals surface area (Å²) in [6.07, 6.45) is 0.986. The predicted molar refractivity (Wildman–Crippen MR) is 92.4 cm³/mol. The first-order valence-electron chi connectivity index (χ1n) is 8.07. The fraction of sp³-hybridized carbons (Fsp3) is 0.350. The number of hydrogen-bond acceptors (Lipinski definition) is 2. The molecule has 0 aromatic heterocycles. The maximum atomic E-state index is 11.9. The number of ether oxygens (including phenoxy) is 1. The number of hydrogen-bond donors (Lipinski definition) is 1. The molecule has 1 aliphatic rings. The molecule has 1 N–H and O–H groups in total. The van der Waals surface area contributed by atoms with Gasteiger partial charge in [-0.05, 0) is 34.4 Å². The molecule has 1 heterocycles. The maximum absolute atomic E-state index is 11.9. The van der Waals surface area contributed by atoms with E-state index in [2.05, 4.69) is 47.8 Å². The lowest BCUT2D eigenvalue weighted by Gasteiger charge is -2.17. The maximum Gasteiger partial charge on any atom is 0.225 e. The topological polar surface area (TPSA) is 38.3 Å². The highest BCUT2D eigenvalue weighted by Gasteiger charge is 2.20. The first-order valence-corrected chi connectivity index (χ1v) is 8.07. The van der Waals surface area contributed by atoms with Crippen LogP contribution in [0.25, 0.3) is 11.1 Å². The molecule has 0 radical (unpaired) electrons. The van der Waals surface area contributed by atoms with Gasteiger partial charge >= 0.3 is 0 Å². The lowest BCUT2D eigenvalue weighted by atomic mass is 9.95.